The van der Waals surface area contributed by atoms with Crippen LogP contribution in [0.4, 0.5) is 10.1 Å². The van der Waals surface area contributed by atoms with Gasteiger partial charge in [0.2, 0.25) is 0 Å². The molecule has 0 aliphatic carbocycles. The number of ether oxygens (including phenoxy) is 1. The zero-order valence-corrected chi connectivity index (χ0v) is 12.3. The molecule has 0 aliphatic heterocycles. The molecule has 1 aromatic heterocycles. The summed E-state index contributed by atoms with van der Waals surface area (Å²) in [6.07, 6.45) is 1.86. The van der Waals surface area contributed by atoms with E-state index >= 15 is 0 Å². The van der Waals surface area contributed by atoms with Crippen LogP contribution >= 0.6 is 0 Å². The van der Waals surface area contributed by atoms with E-state index in [9.17, 15) is 4.39 Å². The maximum Gasteiger partial charge on any atom is 0.167 e. The molecule has 0 saturated heterocycles. The van der Waals surface area contributed by atoms with E-state index in [1.165, 1.54) is 6.07 Å². The summed E-state index contributed by atoms with van der Waals surface area (Å²) < 4.78 is 19.3. The molecular weight excluding hydrogens is 255 g/mol. The van der Waals surface area contributed by atoms with Gasteiger partial charge in [0.05, 0.1) is 12.1 Å². The molecule has 0 unspecified atom stereocenters. The number of hydrogen-bond donors (Lipinski definition) is 1. The molecule has 0 aliphatic rings. The lowest BCUT2D eigenvalue weighted by Crippen LogP contribution is -2.03. The quantitative estimate of drug-likeness (QED) is 0.860. The Labute approximate surface area is 119 Å². The highest BCUT2D eigenvalue weighted by Gasteiger charge is 2.11. The second kappa shape index (κ2) is 6.55. The van der Waals surface area contributed by atoms with Crippen LogP contribution in [0.25, 0.3) is 10.9 Å². The second-order valence-electron chi connectivity index (χ2n) is 4.67. The van der Waals surface area contributed by atoms with E-state index in [0.29, 0.717) is 12.1 Å². The van der Waals surface area contributed by atoms with E-state index in [2.05, 4.69) is 17.2 Å². The van der Waals surface area contributed by atoms with Gasteiger partial charge in [-0.3, -0.25) is 4.98 Å². The van der Waals surface area contributed by atoms with Crippen LogP contribution in [-0.4, -0.2) is 18.1 Å². The average molecular weight is 276 g/mol. The fourth-order valence-electron chi connectivity index (χ4n) is 2.14. The Morgan fingerprint density at radius 2 is 2.00 bits per heavy atom. The molecule has 0 amide bonds. The van der Waals surface area contributed by atoms with Gasteiger partial charge >= 0.3 is 0 Å². The smallest absolute Gasteiger partial charge is 0.167 e. The highest BCUT2D eigenvalue weighted by molar-refractivity contribution is 5.92. The first-order valence-electron chi connectivity index (χ1n) is 7.19. The van der Waals surface area contributed by atoms with Gasteiger partial charge in [0.25, 0.3) is 0 Å². The van der Waals surface area contributed by atoms with Gasteiger partial charge < -0.3 is 10.1 Å². The van der Waals surface area contributed by atoms with Crippen molar-refractivity contribution in [3.8, 4) is 5.75 Å². The molecule has 3 nitrogen and oxygen atoms in total. The summed E-state index contributed by atoms with van der Waals surface area (Å²) in [6.45, 7) is 7.33. The molecule has 0 saturated carbocycles. The molecule has 0 spiro atoms. The monoisotopic (exact) mass is 276 g/mol. The van der Waals surface area contributed by atoms with Gasteiger partial charge in [-0.1, -0.05) is 13.8 Å². The fourth-order valence-corrected chi connectivity index (χ4v) is 2.14. The largest absolute Gasteiger partial charge is 0.491 e. The third-order valence-electron chi connectivity index (χ3n) is 3.14. The molecule has 1 aromatic carbocycles. The van der Waals surface area contributed by atoms with Crippen LogP contribution in [-0.2, 0) is 6.42 Å². The Kier molecular flexibility index (Phi) is 4.77. The lowest BCUT2D eigenvalue weighted by Gasteiger charge is -2.13. The second-order valence-corrected chi connectivity index (χ2v) is 4.67. The number of aromatic nitrogens is 1. The van der Waals surface area contributed by atoms with Crippen molar-refractivity contribution in [2.45, 2.75) is 33.6 Å². The summed E-state index contributed by atoms with van der Waals surface area (Å²) in [5.74, 6) is -0.0767. The Morgan fingerprint density at radius 3 is 2.65 bits per heavy atom. The Morgan fingerprint density at radius 1 is 1.20 bits per heavy atom. The molecule has 2 aromatic rings. The maximum absolute atomic E-state index is 13.9. The van der Waals surface area contributed by atoms with Crippen LogP contribution in [0, 0.1) is 5.82 Å². The summed E-state index contributed by atoms with van der Waals surface area (Å²) in [4.78, 5) is 4.49. The highest BCUT2D eigenvalue weighted by atomic mass is 19.1. The molecule has 2 rings (SSSR count). The van der Waals surface area contributed by atoms with Crippen molar-refractivity contribution in [2.24, 2.45) is 0 Å². The molecule has 0 bridgehead atoms. The van der Waals surface area contributed by atoms with Crippen LogP contribution in [0.5, 0.6) is 5.75 Å². The minimum atomic E-state index is -0.360. The third kappa shape index (κ3) is 3.00. The molecule has 0 radical (unpaired) electrons. The van der Waals surface area contributed by atoms with Gasteiger partial charge in [-0.25, -0.2) is 4.39 Å². The summed E-state index contributed by atoms with van der Waals surface area (Å²) >= 11 is 0. The minimum Gasteiger partial charge on any atom is -0.491 e. The number of fused-ring (bicyclic) bond motifs is 1. The molecular formula is C16H21FN2O. The van der Waals surface area contributed by atoms with Crippen LogP contribution in [0.15, 0.2) is 18.2 Å². The Balaban J connectivity index is 2.57. The van der Waals surface area contributed by atoms with Crippen molar-refractivity contribution in [2.75, 3.05) is 18.5 Å². The molecule has 20 heavy (non-hydrogen) atoms. The van der Waals surface area contributed by atoms with Crippen molar-refractivity contribution < 1.29 is 9.13 Å². The van der Waals surface area contributed by atoms with E-state index in [-0.39, 0.29) is 11.6 Å². The Hall–Kier alpha value is -1.84. The number of hydrogen-bond acceptors (Lipinski definition) is 3. The van der Waals surface area contributed by atoms with Gasteiger partial charge in [-0.2, -0.15) is 0 Å². The molecule has 0 atom stereocenters. The van der Waals surface area contributed by atoms with Crippen LogP contribution in [0.3, 0.4) is 0 Å². The van der Waals surface area contributed by atoms with Gasteiger partial charge in [0, 0.05) is 29.4 Å². The lowest BCUT2D eigenvalue weighted by atomic mass is 10.1. The van der Waals surface area contributed by atoms with E-state index in [1.807, 2.05) is 19.9 Å². The van der Waals surface area contributed by atoms with Crippen molar-refractivity contribution >= 4 is 16.6 Å². The first-order chi connectivity index (χ1) is 9.69. The van der Waals surface area contributed by atoms with Crippen LogP contribution in [0.1, 0.15) is 32.9 Å². The topological polar surface area (TPSA) is 34.2 Å². The van der Waals surface area contributed by atoms with Crippen molar-refractivity contribution in [1.29, 1.82) is 0 Å². The number of nitrogens with zero attached hydrogens (tertiary/aromatic N) is 1. The molecule has 108 valence electrons. The number of pyridine rings is 1. The van der Waals surface area contributed by atoms with Crippen molar-refractivity contribution in [3.63, 3.8) is 0 Å². The van der Waals surface area contributed by atoms with E-state index in [4.69, 9.17) is 4.74 Å². The summed E-state index contributed by atoms with van der Waals surface area (Å²) in [5.41, 5.74) is 2.62. The van der Waals surface area contributed by atoms with E-state index in [0.717, 1.165) is 36.2 Å². The number of anilines is 1. The summed E-state index contributed by atoms with van der Waals surface area (Å²) in [6, 6.07) is 5.22. The summed E-state index contributed by atoms with van der Waals surface area (Å²) in [5, 5.41) is 4.29. The minimum absolute atomic E-state index is 0.283. The SMILES string of the molecule is CCCNc1cc(CC)nc2cc(F)c(OCC)cc12. The van der Waals surface area contributed by atoms with Crippen molar-refractivity contribution in [1.82, 2.24) is 4.98 Å². The average Bonchev–Trinajstić information content (AvgIpc) is 2.45. The number of rotatable bonds is 6. The number of nitrogens with one attached hydrogen (secondary N) is 1. The predicted molar refractivity (Wildman–Crippen MR) is 81.0 cm³/mol. The van der Waals surface area contributed by atoms with Gasteiger partial charge in [-0.15, -0.1) is 0 Å². The van der Waals surface area contributed by atoms with Gasteiger partial charge in [0.15, 0.2) is 11.6 Å². The third-order valence-corrected chi connectivity index (χ3v) is 3.14. The van der Waals surface area contributed by atoms with E-state index in [1.54, 1.807) is 6.07 Å². The number of benzene rings is 1. The lowest BCUT2D eigenvalue weighted by molar-refractivity contribution is 0.322. The standard InChI is InChI=1S/C16H21FN2O/c1-4-7-18-14-8-11(5-2)19-15-10-13(17)16(20-6-3)9-12(14)15/h8-10H,4-7H2,1-3H3,(H,18,19). The van der Waals surface area contributed by atoms with Gasteiger partial charge in [-0.05, 0) is 31.9 Å². The zero-order chi connectivity index (χ0) is 14.5. The number of aryl methyl sites for hydroxylation is 1. The normalized spacial score (nSPS) is 10.8. The highest BCUT2D eigenvalue weighted by Crippen LogP contribution is 2.30. The van der Waals surface area contributed by atoms with Crippen molar-refractivity contribution in [3.05, 3.63) is 29.7 Å². The molecule has 0 fully saturated rings. The first-order valence-corrected chi connectivity index (χ1v) is 7.19. The van der Waals surface area contributed by atoms with Gasteiger partial charge in [0.1, 0.15) is 0 Å². The first kappa shape index (κ1) is 14.6. The predicted octanol–water partition coefficient (Wildman–Crippen LogP) is 4.16. The van der Waals surface area contributed by atoms with Crippen LogP contribution < -0.4 is 10.1 Å². The maximum atomic E-state index is 13.9. The van der Waals surface area contributed by atoms with E-state index < -0.39 is 0 Å². The zero-order valence-electron chi connectivity index (χ0n) is 12.3. The molecule has 4 heteroatoms. The Bertz CT molecular complexity index is 599. The fraction of sp³-hybridized carbons (Fsp3) is 0.438. The van der Waals surface area contributed by atoms with Crippen LogP contribution in [0.2, 0.25) is 0 Å². The number of halogens is 1. The molecule has 1 heterocycles. The summed E-state index contributed by atoms with van der Waals surface area (Å²) in [7, 11) is 0. The molecule has 1 N–H and O–H groups in total.